The first-order valence-corrected chi connectivity index (χ1v) is 9.57. The van der Waals surface area contributed by atoms with Crippen LogP contribution in [0.4, 0.5) is 10.1 Å². The van der Waals surface area contributed by atoms with Crippen molar-refractivity contribution in [1.82, 2.24) is 0 Å². The molecule has 0 bridgehead atoms. The first-order chi connectivity index (χ1) is 12.5. The number of rotatable bonds is 5. The van der Waals surface area contributed by atoms with Gasteiger partial charge in [-0.3, -0.25) is 4.99 Å². The normalized spacial score (nSPS) is 11.1. The fraction of sp³-hybridized carbons (Fsp3) is 0.0952. The van der Waals surface area contributed by atoms with Crippen molar-refractivity contribution in [2.24, 2.45) is 4.99 Å². The number of benzene rings is 3. The molecule has 0 aliphatic heterocycles. The van der Waals surface area contributed by atoms with Gasteiger partial charge in [-0.15, -0.1) is 0 Å². The molecule has 0 radical (unpaired) electrons. The third kappa shape index (κ3) is 4.80. The lowest BCUT2D eigenvalue weighted by Crippen LogP contribution is -2.00. The molecule has 0 amide bonds. The Labute approximate surface area is 169 Å². The van der Waals surface area contributed by atoms with Gasteiger partial charge < -0.3 is 4.74 Å². The highest BCUT2D eigenvalue weighted by Gasteiger charge is 2.10. The van der Waals surface area contributed by atoms with Gasteiger partial charge in [0.1, 0.15) is 18.2 Å². The van der Waals surface area contributed by atoms with E-state index in [1.54, 1.807) is 24.4 Å². The van der Waals surface area contributed by atoms with E-state index in [0.717, 1.165) is 20.2 Å². The van der Waals surface area contributed by atoms with E-state index in [1.165, 1.54) is 11.6 Å². The average molecular weight is 477 g/mol. The van der Waals surface area contributed by atoms with E-state index < -0.39 is 0 Å². The Balaban J connectivity index is 1.75. The molecule has 0 heterocycles. The molecule has 0 N–H and O–H groups in total. The lowest BCUT2D eigenvalue weighted by atomic mass is 10.2. The highest BCUT2D eigenvalue weighted by molar-refractivity contribution is 9.11. The third-order valence-electron chi connectivity index (χ3n) is 3.75. The number of aliphatic imine (C=N–C) groups is 1. The maximum atomic E-state index is 13.7. The van der Waals surface area contributed by atoms with Crippen molar-refractivity contribution in [2.75, 3.05) is 0 Å². The van der Waals surface area contributed by atoms with Gasteiger partial charge in [0.25, 0.3) is 0 Å². The molecule has 0 spiro atoms. The van der Waals surface area contributed by atoms with Gasteiger partial charge in [-0.1, -0.05) is 35.9 Å². The van der Waals surface area contributed by atoms with Gasteiger partial charge >= 0.3 is 0 Å². The van der Waals surface area contributed by atoms with Crippen LogP contribution in [0.25, 0.3) is 0 Å². The summed E-state index contributed by atoms with van der Waals surface area (Å²) in [6.07, 6.45) is 1.79. The number of aryl methyl sites for hydroxylation is 1. The predicted molar refractivity (Wildman–Crippen MR) is 111 cm³/mol. The summed E-state index contributed by atoms with van der Waals surface area (Å²) in [5, 5.41) is 0. The van der Waals surface area contributed by atoms with Crippen LogP contribution in [0.3, 0.4) is 0 Å². The van der Waals surface area contributed by atoms with Crippen LogP contribution < -0.4 is 4.74 Å². The van der Waals surface area contributed by atoms with E-state index >= 15 is 0 Å². The molecular formula is C21H16Br2FNO. The van der Waals surface area contributed by atoms with E-state index in [1.807, 2.05) is 43.3 Å². The first-order valence-electron chi connectivity index (χ1n) is 7.99. The van der Waals surface area contributed by atoms with Gasteiger partial charge in [0.2, 0.25) is 0 Å². The van der Waals surface area contributed by atoms with E-state index in [4.69, 9.17) is 4.74 Å². The molecule has 0 saturated heterocycles. The summed E-state index contributed by atoms with van der Waals surface area (Å²) in [6.45, 7) is 2.20. The van der Waals surface area contributed by atoms with Crippen LogP contribution in [0.2, 0.25) is 0 Å². The minimum Gasteiger partial charge on any atom is -0.486 e. The van der Waals surface area contributed by atoms with Crippen molar-refractivity contribution >= 4 is 43.8 Å². The topological polar surface area (TPSA) is 21.6 Å². The van der Waals surface area contributed by atoms with Crippen molar-refractivity contribution in [2.45, 2.75) is 13.5 Å². The highest BCUT2D eigenvalue weighted by atomic mass is 79.9. The minimum atomic E-state index is -0.276. The molecule has 0 aliphatic rings. The van der Waals surface area contributed by atoms with Gasteiger partial charge in [0.15, 0.2) is 0 Å². The second-order valence-electron chi connectivity index (χ2n) is 5.79. The van der Waals surface area contributed by atoms with E-state index in [9.17, 15) is 4.39 Å². The molecule has 0 atom stereocenters. The molecule has 0 fully saturated rings. The third-order valence-corrected chi connectivity index (χ3v) is 4.93. The molecular weight excluding hydrogens is 461 g/mol. The van der Waals surface area contributed by atoms with Crippen LogP contribution in [0.5, 0.6) is 5.75 Å². The van der Waals surface area contributed by atoms with Crippen LogP contribution in [0.15, 0.2) is 74.6 Å². The Kier molecular flexibility index (Phi) is 6.22. The second-order valence-corrected chi connectivity index (χ2v) is 7.50. The molecule has 0 saturated carbocycles. The Hall–Kier alpha value is -1.98. The number of nitrogens with zero attached hydrogens (tertiary/aromatic N) is 1. The summed E-state index contributed by atoms with van der Waals surface area (Å²) in [5.74, 6) is 0.349. The number of hydrogen-bond donors (Lipinski definition) is 0. The lowest BCUT2D eigenvalue weighted by Gasteiger charge is -2.11. The molecule has 3 rings (SSSR count). The zero-order chi connectivity index (χ0) is 18.5. The Morgan fingerprint density at radius 3 is 2.31 bits per heavy atom. The van der Waals surface area contributed by atoms with Crippen LogP contribution in [0, 0.1) is 12.7 Å². The summed E-state index contributed by atoms with van der Waals surface area (Å²) in [4.78, 5) is 4.48. The predicted octanol–water partition coefficient (Wildman–Crippen LogP) is 6.99. The van der Waals surface area contributed by atoms with Crippen LogP contribution >= 0.6 is 31.9 Å². The van der Waals surface area contributed by atoms with E-state index in [-0.39, 0.29) is 12.4 Å². The van der Waals surface area contributed by atoms with E-state index in [0.29, 0.717) is 11.3 Å². The van der Waals surface area contributed by atoms with E-state index in [2.05, 4.69) is 36.9 Å². The van der Waals surface area contributed by atoms with Gasteiger partial charge in [-0.25, -0.2) is 4.39 Å². The summed E-state index contributed by atoms with van der Waals surface area (Å²) in [6, 6.07) is 18.4. The molecule has 3 aromatic rings. The van der Waals surface area contributed by atoms with Crippen molar-refractivity contribution in [3.63, 3.8) is 0 Å². The summed E-state index contributed by atoms with van der Waals surface area (Å²) in [5.41, 5.74) is 3.52. The SMILES string of the molecule is Cc1ccc(N=Cc2cc(Br)c(OCc3ccccc3F)c(Br)c2)cc1. The summed E-state index contributed by atoms with van der Waals surface area (Å²) in [7, 11) is 0. The largest absolute Gasteiger partial charge is 0.486 e. The van der Waals surface area contributed by atoms with Crippen LogP contribution in [-0.2, 0) is 6.61 Å². The second kappa shape index (κ2) is 8.60. The maximum Gasteiger partial charge on any atom is 0.148 e. The van der Waals surface area contributed by atoms with Gasteiger partial charge in [0.05, 0.1) is 14.6 Å². The monoisotopic (exact) mass is 475 g/mol. The standard InChI is InChI=1S/C21H16Br2FNO/c1-14-6-8-17(9-7-14)25-12-15-10-18(22)21(19(23)11-15)26-13-16-4-2-3-5-20(16)24/h2-12H,13H2,1H3. The molecule has 132 valence electrons. The summed E-state index contributed by atoms with van der Waals surface area (Å²) >= 11 is 7.03. The van der Waals surface area contributed by atoms with Gasteiger partial charge in [0, 0.05) is 11.8 Å². The Bertz CT molecular complexity index is 916. The van der Waals surface area contributed by atoms with Crippen molar-refractivity contribution in [3.05, 3.63) is 92.1 Å². The molecule has 3 aromatic carbocycles. The van der Waals surface area contributed by atoms with Crippen molar-refractivity contribution in [1.29, 1.82) is 0 Å². The summed E-state index contributed by atoms with van der Waals surface area (Å²) < 4.78 is 21.1. The zero-order valence-electron chi connectivity index (χ0n) is 14.0. The molecule has 0 unspecified atom stereocenters. The molecule has 26 heavy (non-hydrogen) atoms. The first kappa shape index (κ1) is 18.8. The minimum absolute atomic E-state index is 0.153. The molecule has 5 heteroatoms. The highest BCUT2D eigenvalue weighted by Crippen LogP contribution is 2.35. The van der Waals surface area contributed by atoms with Crippen molar-refractivity contribution in [3.8, 4) is 5.75 Å². The molecule has 2 nitrogen and oxygen atoms in total. The Morgan fingerprint density at radius 2 is 1.65 bits per heavy atom. The Morgan fingerprint density at radius 1 is 1.00 bits per heavy atom. The average Bonchev–Trinajstić information content (AvgIpc) is 2.62. The number of ether oxygens (including phenoxy) is 1. The quantitative estimate of drug-likeness (QED) is 0.363. The fourth-order valence-electron chi connectivity index (χ4n) is 2.34. The van der Waals surface area contributed by atoms with Crippen molar-refractivity contribution < 1.29 is 9.13 Å². The smallest absolute Gasteiger partial charge is 0.148 e. The van der Waals surface area contributed by atoms with Crippen LogP contribution in [-0.4, -0.2) is 6.21 Å². The maximum absolute atomic E-state index is 13.7. The zero-order valence-corrected chi connectivity index (χ0v) is 17.2. The van der Waals surface area contributed by atoms with Gasteiger partial charge in [-0.05, 0) is 74.7 Å². The lowest BCUT2D eigenvalue weighted by molar-refractivity contribution is 0.296. The molecule has 0 aliphatic carbocycles. The fourth-order valence-corrected chi connectivity index (χ4v) is 3.79. The van der Waals surface area contributed by atoms with Crippen LogP contribution in [0.1, 0.15) is 16.7 Å². The number of halogens is 3. The number of hydrogen-bond acceptors (Lipinski definition) is 2. The molecule has 0 aromatic heterocycles. The van der Waals surface area contributed by atoms with Gasteiger partial charge in [-0.2, -0.15) is 0 Å².